The Morgan fingerprint density at radius 2 is 2.08 bits per heavy atom. The first-order chi connectivity index (χ1) is 11.9. The molecule has 0 radical (unpaired) electrons. The lowest BCUT2D eigenvalue weighted by Gasteiger charge is -2.36. The molecular weight excluding hydrogens is 322 g/mol. The van der Waals surface area contributed by atoms with Crippen molar-refractivity contribution in [2.45, 2.75) is 37.8 Å². The van der Waals surface area contributed by atoms with E-state index >= 15 is 0 Å². The normalized spacial score (nSPS) is 25.3. The summed E-state index contributed by atoms with van der Waals surface area (Å²) in [5.74, 6) is -0.0718. The zero-order valence-electron chi connectivity index (χ0n) is 14.9. The topological polar surface area (TPSA) is 90.7 Å². The lowest BCUT2D eigenvalue weighted by atomic mass is 9.99. The third-order valence-corrected chi connectivity index (χ3v) is 5.17. The van der Waals surface area contributed by atoms with Crippen molar-refractivity contribution in [3.8, 4) is 0 Å². The minimum Gasteiger partial charge on any atom is -0.387 e. The summed E-state index contributed by atoms with van der Waals surface area (Å²) in [6, 6.07) is 1.93. The maximum atomic E-state index is 12.6. The van der Waals surface area contributed by atoms with E-state index in [1.165, 1.54) is 0 Å². The van der Waals surface area contributed by atoms with Gasteiger partial charge in [-0.15, -0.1) is 0 Å². The Hall–Kier alpha value is -1.93. The molecule has 1 aromatic heterocycles. The number of amides is 2. The summed E-state index contributed by atoms with van der Waals surface area (Å²) < 4.78 is 1.56. The highest BCUT2D eigenvalue weighted by atomic mass is 16.3. The maximum absolute atomic E-state index is 12.6. The second-order valence-corrected chi connectivity index (χ2v) is 7.29. The molecule has 8 heteroatoms. The number of nitrogens with one attached hydrogen (secondary N) is 1. The van der Waals surface area contributed by atoms with E-state index in [1.54, 1.807) is 35.8 Å². The molecule has 0 spiro atoms. The Morgan fingerprint density at radius 1 is 1.36 bits per heavy atom. The molecule has 1 aromatic rings. The van der Waals surface area contributed by atoms with Gasteiger partial charge in [-0.3, -0.25) is 14.3 Å². The third-order valence-electron chi connectivity index (χ3n) is 5.17. The van der Waals surface area contributed by atoms with Crippen molar-refractivity contribution in [2.24, 2.45) is 7.05 Å². The summed E-state index contributed by atoms with van der Waals surface area (Å²) >= 11 is 0. The van der Waals surface area contributed by atoms with E-state index in [9.17, 15) is 14.7 Å². The molecule has 138 valence electrons. The van der Waals surface area contributed by atoms with Crippen LogP contribution in [-0.4, -0.2) is 80.9 Å². The van der Waals surface area contributed by atoms with E-state index in [-0.39, 0.29) is 17.9 Å². The number of hydrogen-bond donors (Lipinski definition) is 2. The van der Waals surface area contributed by atoms with Crippen LogP contribution in [0.3, 0.4) is 0 Å². The molecule has 1 atom stereocenters. The number of piperidine rings is 1. The predicted octanol–water partition coefficient (Wildman–Crippen LogP) is -0.402. The summed E-state index contributed by atoms with van der Waals surface area (Å²) in [7, 11) is 1.74. The van der Waals surface area contributed by atoms with E-state index < -0.39 is 5.60 Å². The Kier molecular flexibility index (Phi) is 5.10. The van der Waals surface area contributed by atoms with Crippen LogP contribution in [0.1, 0.15) is 36.7 Å². The van der Waals surface area contributed by atoms with Crippen LogP contribution in [-0.2, 0) is 11.8 Å². The van der Waals surface area contributed by atoms with Crippen LogP contribution in [0.15, 0.2) is 12.3 Å². The van der Waals surface area contributed by atoms with Gasteiger partial charge >= 0.3 is 0 Å². The molecule has 3 rings (SSSR count). The quantitative estimate of drug-likeness (QED) is 0.772. The molecule has 0 aromatic carbocycles. The molecule has 25 heavy (non-hydrogen) atoms. The number of likely N-dealkylation sites (tertiary alicyclic amines) is 2. The highest BCUT2D eigenvalue weighted by Gasteiger charge is 2.40. The highest BCUT2D eigenvalue weighted by molar-refractivity contribution is 5.92. The first kappa shape index (κ1) is 17.9. The smallest absolute Gasteiger partial charge is 0.272 e. The molecule has 8 nitrogen and oxygen atoms in total. The maximum Gasteiger partial charge on any atom is 0.272 e. The van der Waals surface area contributed by atoms with Gasteiger partial charge in [0.15, 0.2) is 0 Å². The number of β-amino-alcohol motifs (C(OH)–C–C–N with tert-alkyl or cyclic N) is 1. The van der Waals surface area contributed by atoms with Gasteiger partial charge in [-0.1, -0.05) is 0 Å². The molecule has 1 unspecified atom stereocenters. The first-order valence-corrected chi connectivity index (χ1v) is 8.85. The number of aliphatic hydroxyl groups is 1. The molecule has 2 aliphatic heterocycles. The monoisotopic (exact) mass is 349 g/mol. The van der Waals surface area contributed by atoms with Gasteiger partial charge in [0.2, 0.25) is 5.91 Å². The molecule has 2 saturated heterocycles. The van der Waals surface area contributed by atoms with Gasteiger partial charge in [0.05, 0.1) is 12.1 Å². The van der Waals surface area contributed by atoms with E-state index in [0.717, 1.165) is 25.9 Å². The van der Waals surface area contributed by atoms with Crippen LogP contribution in [0.2, 0.25) is 0 Å². The summed E-state index contributed by atoms with van der Waals surface area (Å²) in [5.41, 5.74) is -0.324. The number of carbonyl (C=O) groups is 2. The van der Waals surface area contributed by atoms with E-state index in [4.69, 9.17) is 0 Å². The molecule has 2 N–H and O–H groups in total. The molecule has 3 heterocycles. The summed E-state index contributed by atoms with van der Waals surface area (Å²) in [6.45, 7) is 4.72. The van der Waals surface area contributed by atoms with Crippen molar-refractivity contribution in [1.29, 1.82) is 0 Å². The number of hydrogen-bond acceptors (Lipinski definition) is 5. The number of aromatic nitrogens is 2. The van der Waals surface area contributed by atoms with Crippen molar-refractivity contribution >= 4 is 11.8 Å². The lowest BCUT2D eigenvalue weighted by Crippen LogP contribution is -2.50. The van der Waals surface area contributed by atoms with Crippen LogP contribution in [0.25, 0.3) is 0 Å². The SMILES string of the molecule is CC(=O)NC1CCN(CC2(O)CCN(C(=O)c3ccnn3C)C2)CC1. The van der Waals surface area contributed by atoms with Crippen LogP contribution in [0.4, 0.5) is 0 Å². The van der Waals surface area contributed by atoms with E-state index in [1.807, 2.05) is 0 Å². The van der Waals surface area contributed by atoms with Crippen LogP contribution >= 0.6 is 0 Å². The molecule has 2 amide bonds. The molecular formula is C17H27N5O3. The zero-order valence-corrected chi connectivity index (χ0v) is 14.9. The second-order valence-electron chi connectivity index (χ2n) is 7.29. The summed E-state index contributed by atoms with van der Waals surface area (Å²) in [5, 5.41) is 17.9. The van der Waals surface area contributed by atoms with Crippen LogP contribution in [0.5, 0.6) is 0 Å². The fourth-order valence-corrected chi connectivity index (χ4v) is 3.84. The van der Waals surface area contributed by atoms with Crippen molar-refractivity contribution in [3.63, 3.8) is 0 Å². The van der Waals surface area contributed by atoms with Crippen molar-refractivity contribution in [1.82, 2.24) is 24.9 Å². The Morgan fingerprint density at radius 3 is 2.68 bits per heavy atom. The van der Waals surface area contributed by atoms with Crippen LogP contribution < -0.4 is 5.32 Å². The van der Waals surface area contributed by atoms with Crippen molar-refractivity contribution in [2.75, 3.05) is 32.7 Å². The van der Waals surface area contributed by atoms with E-state index in [0.29, 0.717) is 31.7 Å². The Bertz CT molecular complexity index is 638. The molecule has 0 aliphatic carbocycles. The number of carbonyl (C=O) groups excluding carboxylic acids is 2. The largest absolute Gasteiger partial charge is 0.387 e. The number of rotatable bonds is 4. The van der Waals surface area contributed by atoms with Gasteiger partial charge in [0.1, 0.15) is 5.69 Å². The highest BCUT2D eigenvalue weighted by Crippen LogP contribution is 2.25. The van der Waals surface area contributed by atoms with Gasteiger partial charge in [-0.25, -0.2) is 0 Å². The first-order valence-electron chi connectivity index (χ1n) is 8.85. The average Bonchev–Trinajstić information content (AvgIpc) is 3.14. The number of aryl methyl sites for hydroxylation is 1. The van der Waals surface area contributed by atoms with Gasteiger partial charge in [-0.05, 0) is 25.3 Å². The van der Waals surface area contributed by atoms with Crippen molar-refractivity contribution in [3.05, 3.63) is 18.0 Å². The van der Waals surface area contributed by atoms with E-state index in [2.05, 4.69) is 15.3 Å². The molecule has 0 bridgehead atoms. The summed E-state index contributed by atoms with van der Waals surface area (Å²) in [6.07, 6.45) is 3.98. The fourth-order valence-electron chi connectivity index (χ4n) is 3.84. The second kappa shape index (κ2) is 7.13. The fraction of sp³-hybridized carbons (Fsp3) is 0.706. The lowest BCUT2D eigenvalue weighted by molar-refractivity contribution is -0.120. The molecule has 2 aliphatic rings. The third kappa shape index (κ3) is 4.19. The number of nitrogens with zero attached hydrogens (tertiary/aromatic N) is 4. The van der Waals surface area contributed by atoms with Gasteiger partial charge in [0.25, 0.3) is 5.91 Å². The Labute approximate surface area is 147 Å². The predicted molar refractivity (Wildman–Crippen MR) is 92.0 cm³/mol. The minimum absolute atomic E-state index is 0.0113. The van der Waals surface area contributed by atoms with Gasteiger partial charge in [-0.2, -0.15) is 5.10 Å². The van der Waals surface area contributed by atoms with Crippen LogP contribution in [0, 0.1) is 0 Å². The molecule has 2 fully saturated rings. The van der Waals surface area contributed by atoms with Crippen molar-refractivity contribution < 1.29 is 14.7 Å². The Balaban J connectivity index is 1.52. The van der Waals surface area contributed by atoms with Gasteiger partial charge < -0.3 is 20.2 Å². The average molecular weight is 349 g/mol. The summed E-state index contributed by atoms with van der Waals surface area (Å²) in [4.78, 5) is 27.6. The molecule has 0 saturated carbocycles. The zero-order chi connectivity index (χ0) is 18.0. The standard InChI is InChI=1S/C17H27N5O3/c1-13(23)19-14-4-8-21(9-5-14)11-17(25)6-10-22(12-17)16(24)15-3-7-18-20(15)2/h3,7,14,25H,4-6,8-12H2,1-2H3,(H,19,23). The van der Waals surface area contributed by atoms with Gasteiger partial charge in [0, 0.05) is 52.4 Å². The minimum atomic E-state index is -0.866.